The van der Waals surface area contributed by atoms with E-state index in [4.69, 9.17) is 5.73 Å². The number of amides is 1. The van der Waals surface area contributed by atoms with E-state index >= 15 is 0 Å². The number of carbonyl (C=O) groups excluding carboxylic acids is 1. The second-order valence-electron chi connectivity index (χ2n) is 6.61. The molecule has 3 atom stereocenters. The summed E-state index contributed by atoms with van der Waals surface area (Å²) in [6.45, 7) is 4.39. The van der Waals surface area contributed by atoms with Crippen LogP contribution in [0, 0.1) is 18.8 Å². The molecule has 1 aromatic heterocycles. The third-order valence-corrected chi connectivity index (χ3v) is 5.09. The van der Waals surface area contributed by atoms with Gasteiger partial charge in [0, 0.05) is 25.2 Å². The highest BCUT2D eigenvalue weighted by molar-refractivity contribution is 5.79. The molecule has 1 unspecified atom stereocenters. The number of nitrogens with two attached hydrogens (primary N) is 1. The molecule has 2 N–H and O–H groups in total. The van der Waals surface area contributed by atoms with Crippen molar-refractivity contribution in [1.82, 2.24) is 14.7 Å². The Morgan fingerprint density at radius 1 is 1.38 bits per heavy atom. The molecular weight excluding hydrogens is 264 g/mol. The van der Waals surface area contributed by atoms with Crippen molar-refractivity contribution in [3.05, 3.63) is 18.0 Å². The van der Waals surface area contributed by atoms with Gasteiger partial charge in [-0.25, -0.2) is 0 Å². The van der Waals surface area contributed by atoms with Crippen LogP contribution in [0.15, 0.2) is 12.4 Å². The normalized spacial score (nSPS) is 29.8. The number of hydrogen-bond acceptors (Lipinski definition) is 3. The largest absolute Gasteiger partial charge is 0.340 e. The van der Waals surface area contributed by atoms with Gasteiger partial charge in [0.25, 0.3) is 0 Å². The molecule has 1 amide bonds. The molecule has 0 aromatic carbocycles. The van der Waals surface area contributed by atoms with E-state index in [9.17, 15) is 4.79 Å². The van der Waals surface area contributed by atoms with Crippen molar-refractivity contribution in [2.24, 2.45) is 17.6 Å². The van der Waals surface area contributed by atoms with E-state index in [2.05, 4.69) is 23.1 Å². The summed E-state index contributed by atoms with van der Waals surface area (Å²) in [5.41, 5.74) is 7.01. The number of rotatable bonds is 3. The summed E-state index contributed by atoms with van der Waals surface area (Å²) in [4.78, 5) is 14.9. The van der Waals surface area contributed by atoms with Gasteiger partial charge in [0.05, 0.1) is 12.2 Å². The van der Waals surface area contributed by atoms with E-state index in [0.717, 1.165) is 45.2 Å². The van der Waals surface area contributed by atoms with Gasteiger partial charge in [-0.05, 0) is 50.6 Å². The van der Waals surface area contributed by atoms with Crippen molar-refractivity contribution in [2.45, 2.75) is 45.1 Å². The molecule has 1 aromatic rings. The molecule has 1 saturated carbocycles. The summed E-state index contributed by atoms with van der Waals surface area (Å²) in [6.07, 6.45) is 9.42. The van der Waals surface area contributed by atoms with Crippen molar-refractivity contribution >= 4 is 5.91 Å². The molecule has 0 bridgehead atoms. The number of aryl methyl sites for hydroxylation is 1. The first-order chi connectivity index (χ1) is 10.2. The van der Waals surface area contributed by atoms with E-state index in [1.54, 1.807) is 0 Å². The lowest BCUT2D eigenvalue weighted by atomic mass is 9.93. The Morgan fingerprint density at radius 2 is 2.24 bits per heavy atom. The van der Waals surface area contributed by atoms with Crippen LogP contribution in [0.3, 0.4) is 0 Å². The molecule has 0 spiro atoms. The fourth-order valence-electron chi connectivity index (χ4n) is 3.88. The summed E-state index contributed by atoms with van der Waals surface area (Å²) < 4.78 is 2.03. The molecule has 5 heteroatoms. The third kappa shape index (κ3) is 2.98. The maximum atomic E-state index is 12.8. The highest BCUT2D eigenvalue weighted by atomic mass is 16.2. The summed E-state index contributed by atoms with van der Waals surface area (Å²) in [6, 6.07) is 0.328. The minimum atomic E-state index is 0.160. The lowest BCUT2D eigenvalue weighted by Crippen LogP contribution is -2.45. The zero-order valence-corrected chi connectivity index (χ0v) is 12.9. The zero-order chi connectivity index (χ0) is 14.8. The average Bonchev–Trinajstić information content (AvgIpc) is 3.15. The highest BCUT2D eigenvalue weighted by Gasteiger charge is 2.36. The molecule has 3 rings (SSSR count). The first-order valence-corrected chi connectivity index (χ1v) is 8.18. The van der Waals surface area contributed by atoms with Crippen molar-refractivity contribution in [1.29, 1.82) is 0 Å². The van der Waals surface area contributed by atoms with Crippen molar-refractivity contribution in [3.8, 4) is 0 Å². The average molecular weight is 290 g/mol. The number of nitrogens with zero attached hydrogens (tertiary/aromatic N) is 3. The first-order valence-electron chi connectivity index (χ1n) is 8.18. The van der Waals surface area contributed by atoms with Crippen molar-refractivity contribution in [2.75, 3.05) is 19.6 Å². The van der Waals surface area contributed by atoms with Crippen LogP contribution in [0.25, 0.3) is 0 Å². The summed E-state index contributed by atoms with van der Waals surface area (Å²) in [7, 11) is 0. The molecule has 1 aliphatic carbocycles. The van der Waals surface area contributed by atoms with Crippen molar-refractivity contribution in [3.63, 3.8) is 0 Å². The molecule has 2 aliphatic rings. The molecule has 2 fully saturated rings. The van der Waals surface area contributed by atoms with Gasteiger partial charge >= 0.3 is 0 Å². The maximum absolute atomic E-state index is 12.8. The van der Waals surface area contributed by atoms with Gasteiger partial charge in [-0.15, -0.1) is 0 Å². The number of piperidine rings is 1. The quantitative estimate of drug-likeness (QED) is 0.922. The molecule has 116 valence electrons. The third-order valence-electron chi connectivity index (χ3n) is 5.09. The fraction of sp³-hybridized carbons (Fsp3) is 0.750. The predicted octanol–water partition coefficient (Wildman–Crippen LogP) is 1.73. The Bertz CT molecular complexity index is 498. The molecule has 0 radical (unpaired) electrons. The smallest absolute Gasteiger partial charge is 0.226 e. The molecule has 5 nitrogen and oxygen atoms in total. The van der Waals surface area contributed by atoms with Crippen LogP contribution in [0.4, 0.5) is 0 Å². The number of hydrogen-bond donors (Lipinski definition) is 1. The predicted molar refractivity (Wildman–Crippen MR) is 81.7 cm³/mol. The Hall–Kier alpha value is -1.36. The topological polar surface area (TPSA) is 64.2 Å². The van der Waals surface area contributed by atoms with Gasteiger partial charge in [0.15, 0.2) is 0 Å². The molecule has 1 aliphatic heterocycles. The van der Waals surface area contributed by atoms with Crippen LogP contribution in [0.2, 0.25) is 0 Å². The van der Waals surface area contributed by atoms with Gasteiger partial charge in [-0.1, -0.05) is 6.42 Å². The Morgan fingerprint density at radius 3 is 2.95 bits per heavy atom. The lowest BCUT2D eigenvalue weighted by Gasteiger charge is -2.35. The Labute approximate surface area is 126 Å². The fourth-order valence-corrected chi connectivity index (χ4v) is 3.88. The van der Waals surface area contributed by atoms with Crippen LogP contribution >= 0.6 is 0 Å². The van der Waals surface area contributed by atoms with Gasteiger partial charge in [-0.2, -0.15) is 5.10 Å². The SMILES string of the molecule is Cc1cnn(C2CCCN(C(=O)[C@@H]3CCC[C@@H]3CN)C2)c1. The molecule has 21 heavy (non-hydrogen) atoms. The molecule has 1 saturated heterocycles. The van der Waals surface area contributed by atoms with Crippen LogP contribution in [0.5, 0.6) is 0 Å². The van der Waals surface area contributed by atoms with Crippen LogP contribution in [-0.4, -0.2) is 40.2 Å². The summed E-state index contributed by atoms with van der Waals surface area (Å²) in [5.74, 6) is 0.884. The molecular formula is C16H26N4O. The number of carbonyl (C=O) groups is 1. The Kier molecular flexibility index (Phi) is 4.29. The van der Waals surface area contributed by atoms with Gasteiger partial charge in [0.2, 0.25) is 5.91 Å². The first kappa shape index (κ1) is 14.6. The van der Waals surface area contributed by atoms with E-state index in [0.29, 0.717) is 24.4 Å². The monoisotopic (exact) mass is 290 g/mol. The number of aromatic nitrogens is 2. The van der Waals surface area contributed by atoms with Gasteiger partial charge in [0.1, 0.15) is 0 Å². The van der Waals surface area contributed by atoms with Crippen LogP contribution < -0.4 is 5.73 Å². The standard InChI is InChI=1S/C16H26N4O/c1-12-9-18-20(10-12)14-5-3-7-19(11-14)16(21)15-6-2-4-13(15)8-17/h9-10,13-15H,2-8,11,17H2,1H3/t13-,14?,15-/m1/s1. The highest BCUT2D eigenvalue weighted by Crippen LogP contribution is 2.33. The maximum Gasteiger partial charge on any atom is 0.226 e. The second kappa shape index (κ2) is 6.18. The Balaban J connectivity index is 1.66. The van der Waals surface area contributed by atoms with Gasteiger partial charge < -0.3 is 10.6 Å². The zero-order valence-electron chi connectivity index (χ0n) is 12.9. The van der Waals surface area contributed by atoms with E-state index < -0.39 is 0 Å². The number of likely N-dealkylation sites (tertiary alicyclic amines) is 1. The summed E-state index contributed by atoms with van der Waals surface area (Å²) in [5, 5.41) is 4.42. The lowest BCUT2D eigenvalue weighted by molar-refractivity contribution is -0.138. The summed E-state index contributed by atoms with van der Waals surface area (Å²) >= 11 is 0. The minimum absolute atomic E-state index is 0.160. The van der Waals surface area contributed by atoms with Crippen LogP contribution in [-0.2, 0) is 4.79 Å². The molecule has 2 heterocycles. The minimum Gasteiger partial charge on any atom is -0.340 e. The second-order valence-corrected chi connectivity index (χ2v) is 6.61. The van der Waals surface area contributed by atoms with E-state index in [1.165, 1.54) is 5.56 Å². The van der Waals surface area contributed by atoms with Crippen LogP contribution in [0.1, 0.15) is 43.7 Å². The van der Waals surface area contributed by atoms with Gasteiger partial charge in [-0.3, -0.25) is 9.48 Å². The van der Waals surface area contributed by atoms with E-state index in [1.807, 2.05) is 10.9 Å². The van der Waals surface area contributed by atoms with Crippen molar-refractivity contribution < 1.29 is 4.79 Å². The van der Waals surface area contributed by atoms with E-state index in [-0.39, 0.29) is 5.92 Å².